The lowest BCUT2D eigenvalue weighted by Gasteiger charge is -2.18. The van der Waals surface area contributed by atoms with Crippen LogP contribution in [0.2, 0.25) is 0 Å². The van der Waals surface area contributed by atoms with Gasteiger partial charge in [-0.2, -0.15) is 0 Å². The molecule has 0 spiro atoms. The molecular weight excluding hydrogens is 496 g/mol. The zero-order valence-electron chi connectivity index (χ0n) is 23.3. The van der Waals surface area contributed by atoms with Gasteiger partial charge in [0, 0.05) is 32.9 Å². The summed E-state index contributed by atoms with van der Waals surface area (Å²) < 4.78 is 4.88. The molecule has 8 aromatic rings. The Labute approximate surface area is 239 Å². The fourth-order valence-corrected chi connectivity index (χ4v) is 6.84. The van der Waals surface area contributed by atoms with Gasteiger partial charge in [0.05, 0.1) is 22.1 Å². The first-order valence-electron chi connectivity index (χ1n) is 14.4. The van der Waals surface area contributed by atoms with Gasteiger partial charge in [0.15, 0.2) is 0 Å². The fourth-order valence-electron chi connectivity index (χ4n) is 6.84. The summed E-state index contributed by atoms with van der Waals surface area (Å²) in [5.41, 5.74) is 12.7. The Morgan fingerprint density at radius 2 is 1.00 bits per heavy atom. The van der Waals surface area contributed by atoms with Crippen LogP contribution in [0.4, 0.5) is 0 Å². The number of para-hydroxylation sites is 3. The Balaban J connectivity index is 1.42. The highest BCUT2D eigenvalue weighted by atomic mass is 15.0. The van der Waals surface area contributed by atoms with E-state index in [1.807, 2.05) is 0 Å². The van der Waals surface area contributed by atoms with Gasteiger partial charge >= 0.3 is 0 Å². The van der Waals surface area contributed by atoms with Crippen molar-refractivity contribution in [1.82, 2.24) is 9.13 Å². The van der Waals surface area contributed by atoms with Crippen molar-refractivity contribution in [2.45, 2.75) is 20.3 Å². The van der Waals surface area contributed by atoms with Crippen molar-refractivity contribution >= 4 is 43.6 Å². The maximum absolute atomic E-state index is 2.47. The van der Waals surface area contributed by atoms with Crippen molar-refractivity contribution in [2.24, 2.45) is 0 Å². The summed E-state index contributed by atoms with van der Waals surface area (Å²) in [7, 11) is 0. The molecule has 0 bridgehead atoms. The molecule has 6 aromatic carbocycles. The highest BCUT2D eigenvalue weighted by molar-refractivity contribution is 6.12. The summed E-state index contributed by atoms with van der Waals surface area (Å²) in [6.45, 7) is 4.48. The van der Waals surface area contributed by atoms with Crippen LogP contribution in [0.15, 0.2) is 133 Å². The lowest BCUT2D eigenvalue weighted by molar-refractivity contribution is 1.07. The van der Waals surface area contributed by atoms with Gasteiger partial charge in [-0.3, -0.25) is 0 Å². The normalized spacial score (nSPS) is 11.8. The minimum Gasteiger partial charge on any atom is -0.309 e. The maximum atomic E-state index is 2.47. The van der Waals surface area contributed by atoms with E-state index in [0.29, 0.717) is 0 Å². The SMILES string of the molecule is CCc1c(-c2ccccc2C)cccc1-n1c2ccccc2c2cc(-n3c4ccccc4c4ccccc43)ccc21. The number of benzene rings is 6. The van der Waals surface area contributed by atoms with Crippen LogP contribution in [-0.4, -0.2) is 9.13 Å². The highest BCUT2D eigenvalue weighted by Crippen LogP contribution is 2.39. The van der Waals surface area contributed by atoms with Crippen LogP contribution in [0.3, 0.4) is 0 Å². The van der Waals surface area contributed by atoms with Crippen molar-refractivity contribution in [2.75, 3.05) is 0 Å². The summed E-state index contributed by atoms with van der Waals surface area (Å²) in [6, 6.07) is 48.8. The monoisotopic (exact) mass is 526 g/mol. The summed E-state index contributed by atoms with van der Waals surface area (Å²) in [5, 5.41) is 5.11. The predicted octanol–water partition coefficient (Wildman–Crippen LogP) is 10.4. The Hall–Kier alpha value is -5.08. The van der Waals surface area contributed by atoms with E-state index in [2.05, 4.69) is 156 Å². The number of hydrogen-bond donors (Lipinski definition) is 0. The molecule has 196 valence electrons. The molecular formula is C39H30N2. The third kappa shape index (κ3) is 3.50. The highest BCUT2D eigenvalue weighted by Gasteiger charge is 2.19. The van der Waals surface area contributed by atoms with Crippen LogP contribution in [-0.2, 0) is 6.42 Å². The molecule has 2 aromatic heterocycles. The number of aryl methyl sites for hydroxylation is 1. The molecule has 0 saturated carbocycles. The van der Waals surface area contributed by atoms with E-state index in [9.17, 15) is 0 Å². The fraction of sp³-hybridized carbons (Fsp3) is 0.0769. The van der Waals surface area contributed by atoms with Crippen LogP contribution in [0.25, 0.3) is 66.1 Å². The van der Waals surface area contributed by atoms with Gasteiger partial charge in [0.1, 0.15) is 0 Å². The zero-order valence-corrected chi connectivity index (χ0v) is 23.3. The van der Waals surface area contributed by atoms with Crippen molar-refractivity contribution in [3.05, 3.63) is 145 Å². The Morgan fingerprint density at radius 3 is 1.66 bits per heavy atom. The van der Waals surface area contributed by atoms with Crippen LogP contribution in [0, 0.1) is 6.92 Å². The van der Waals surface area contributed by atoms with Crippen molar-refractivity contribution < 1.29 is 0 Å². The van der Waals surface area contributed by atoms with E-state index in [1.54, 1.807) is 0 Å². The average Bonchev–Trinajstić information content (AvgIpc) is 3.53. The molecule has 41 heavy (non-hydrogen) atoms. The molecule has 0 aliphatic carbocycles. The second-order valence-corrected chi connectivity index (χ2v) is 10.9. The van der Waals surface area contributed by atoms with Crippen LogP contribution >= 0.6 is 0 Å². The molecule has 0 saturated heterocycles. The molecule has 0 amide bonds. The van der Waals surface area contributed by atoms with E-state index >= 15 is 0 Å². The first-order valence-corrected chi connectivity index (χ1v) is 14.4. The minimum atomic E-state index is 0.952. The summed E-state index contributed by atoms with van der Waals surface area (Å²) in [6.07, 6.45) is 0.952. The minimum absolute atomic E-state index is 0.952. The zero-order chi connectivity index (χ0) is 27.5. The Morgan fingerprint density at radius 1 is 0.463 bits per heavy atom. The van der Waals surface area contributed by atoms with E-state index < -0.39 is 0 Å². The van der Waals surface area contributed by atoms with Crippen molar-refractivity contribution in [3.8, 4) is 22.5 Å². The van der Waals surface area contributed by atoms with Gasteiger partial charge in [-0.25, -0.2) is 0 Å². The van der Waals surface area contributed by atoms with Gasteiger partial charge in [0.2, 0.25) is 0 Å². The average molecular weight is 527 g/mol. The lowest BCUT2D eigenvalue weighted by atomic mass is 9.93. The van der Waals surface area contributed by atoms with E-state index in [0.717, 1.165) is 6.42 Å². The van der Waals surface area contributed by atoms with Crippen LogP contribution in [0.1, 0.15) is 18.1 Å². The van der Waals surface area contributed by atoms with Crippen LogP contribution < -0.4 is 0 Å². The summed E-state index contributed by atoms with van der Waals surface area (Å²) in [4.78, 5) is 0. The van der Waals surface area contributed by atoms with E-state index in [1.165, 1.54) is 77.2 Å². The second kappa shape index (κ2) is 9.25. The molecule has 0 radical (unpaired) electrons. The number of aromatic nitrogens is 2. The van der Waals surface area contributed by atoms with Crippen molar-refractivity contribution in [3.63, 3.8) is 0 Å². The molecule has 2 heterocycles. The van der Waals surface area contributed by atoms with Gasteiger partial charge in [0.25, 0.3) is 0 Å². The van der Waals surface area contributed by atoms with E-state index in [-0.39, 0.29) is 0 Å². The lowest BCUT2D eigenvalue weighted by Crippen LogP contribution is -2.02. The third-order valence-corrected chi connectivity index (χ3v) is 8.68. The maximum Gasteiger partial charge on any atom is 0.0542 e. The molecule has 0 fully saturated rings. The van der Waals surface area contributed by atoms with Gasteiger partial charge in [-0.1, -0.05) is 97.9 Å². The molecule has 0 aliphatic rings. The van der Waals surface area contributed by atoms with E-state index in [4.69, 9.17) is 0 Å². The molecule has 0 unspecified atom stereocenters. The molecule has 0 N–H and O–H groups in total. The topological polar surface area (TPSA) is 9.86 Å². The molecule has 2 nitrogen and oxygen atoms in total. The van der Waals surface area contributed by atoms with Gasteiger partial charge < -0.3 is 9.13 Å². The number of fused-ring (bicyclic) bond motifs is 6. The third-order valence-electron chi connectivity index (χ3n) is 8.68. The number of nitrogens with zero attached hydrogens (tertiary/aromatic N) is 2. The van der Waals surface area contributed by atoms with Crippen molar-refractivity contribution in [1.29, 1.82) is 0 Å². The van der Waals surface area contributed by atoms with Gasteiger partial charge in [-0.05, 0) is 78.1 Å². The first kappa shape index (κ1) is 23.8. The molecule has 2 heteroatoms. The molecule has 0 aliphatic heterocycles. The number of rotatable bonds is 4. The standard InChI is InChI=1S/C39H30N2/c1-3-28-30(29-14-5-4-13-26(29)2)18-12-22-35(28)41-38-21-11-8-17-33(38)34-25-27(23-24-39(34)41)40-36-19-9-6-15-31(36)32-16-7-10-20-37(32)40/h4-25H,3H2,1-2H3. The molecule has 0 atom stereocenters. The summed E-state index contributed by atoms with van der Waals surface area (Å²) >= 11 is 0. The Bertz CT molecular complexity index is 2210. The largest absolute Gasteiger partial charge is 0.309 e. The predicted molar refractivity (Wildman–Crippen MR) is 175 cm³/mol. The van der Waals surface area contributed by atoms with Gasteiger partial charge in [-0.15, -0.1) is 0 Å². The summed E-state index contributed by atoms with van der Waals surface area (Å²) in [5.74, 6) is 0. The smallest absolute Gasteiger partial charge is 0.0542 e. The van der Waals surface area contributed by atoms with Crippen LogP contribution in [0.5, 0.6) is 0 Å². The quantitative estimate of drug-likeness (QED) is 0.216. The first-order chi connectivity index (χ1) is 20.2. The Kier molecular flexibility index (Phi) is 5.36. The number of hydrogen-bond acceptors (Lipinski definition) is 0. The molecule has 8 rings (SSSR count). The second-order valence-electron chi connectivity index (χ2n) is 10.9.